The van der Waals surface area contributed by atoms with Crippen LogP contribution in [-0.4, -0.2) is 10.0 Å². The first-order valence-corrected chi connectivity index (χ1v) is 7.56. The zero-order chi connectivity index (χ0) is 15.6. The Kier molecular flexibility index (Phi) is 4.97. The van der Waals surface area contributed by atoms with E-state index in [9.17, 15) is 15.2 Å². The van der Waals surface area contributed by atoms with Gasteiger partial charge in [-0.15, -0.1) is 0 Å². The summed E-state index contributed by atoms with van der Waals surface area (Å²) in [5.74, 6) is 0.855. The molecule has 2 aromatic carbocycles. The van der Waals surface area contributed by atoms with E-state index in [4.69, 9.17) is 4.74 Å². The first kappa shape index (κ1) is 15.9. The molecule has 0 radical (unpaired) electrons. The number of aliphatic hydroxyl groups excluding tert-OH is 1. The quantitative estimate of drug-likeness (QED) is 0.564. The average molecular weight is 417 g/mol. The van der Waals surface area contributed by atoms with E-state index in [-0.39, 0.29) is 5.69 Å². The van der Waals surface area contributed by atoms with Crippen LogP contribution in [0.4, 0.5) is 5.69 Å². The SMILES string of the molecule is C[C@@H](O)c1ccc(Oc2cc([N+](=O)[O-])ccc2Br)cc1Br. The van der Waals surface area contributed by atoms with Crippen LogP contribution >= 0.6 is 31.9 Å². The maximum absolute atomic E-state index is 10.8. The van der Waals surface area contributed by atoms with Gasteiger partial charge in [-0.05, 0) is 46.6 Å². The lowest BCUT2D eigenvalue weighted by Gasteiger charge is -2.11. The van der Waals surface area contributed by atoms with Crippen molar-refractivity contribution in [2.24, 2.45) is 0 Å². The van der Waals surface area contributed by atoms with Gasteiger partial charge in [0.1, 0.15) is 11.5 Å². The molecule has 2 aromatic rings. The Hall–Kier alpha value is -1.44. The molecule has 0 saturated carbocycles. The van der Waals surface area contributed by atoms with E-state index < -0.39 is 11.0 Å². The first-order valence-electron chi connectivity index (χ1n) is 5.98. The first-order chi connectivity index (χ1) is 9.88. The normalized spacial score (nSPS) is 12.0. The summed E-state index contributed by atoms with van der Waals surface area (Å²) in [5.41, 5.74) is 0.688. The molecule has 0 heterocycles. The summed E-state index contributed by atoms with van der Waals surface area (Å²) in [6, 6.07) is 9.43. The van der Waals surface area contributed by atoms with Crippen LogP contribution in [0.1, 0.15) is 18.6 Å². The molecule has 0 amide bonds. The van der Waals surface area contributed by atoms with Gasteiger partial charge in [-0.2, -0.15) is 0 Å². The summed E-state index contributed by atoms with van der Waals surface area (Å²) in [7, 11) is 0. The fourth-order valence-corrected chi connectivity index (χ4v) is 2.74. The highest BCUT2D eigenvalue weighted by Crippen LogP contribution is 2.35. The predicted molar refractivity (Wildman–Crippen MR) is 85.6 cm³/mol. The maximum Gasteiger partial charge on any atom is 0.273 e. The summed E-state index contributed by atoms with van der Waals surface area (Å²) in [4.78, 5) is 10.3. The van der Waals surface area contributed by atoms with Crippen LogP contribution < -0.4 is 4.74 Å². The predicted octanol–water partition coefficient (Wildman–Crippen LogP) is 4.97. The van der Waals surface area contributed by atoms with Crippen LogP contribution in [0, 0.1) is 10.1 Å². The van der Waals surface area contributed by atoms with Gasteiger partial charge in [0.05, 0.1) is 21.6 Å². The largest absolute Gasteiger partial charge is 0.456 e. The van der Waals surface area contributed by atoms with Crippen LogP contribution in [0.2, 0.25) is 0 Å². The topological polar surface area (TPSA) is 72.6 Å². The number of non-ortho nitro benzene ring substituents is 1. The van der Waals surface area contributed by atoms with Gasteiger partial charge in [-0.3, -0.25) is 10.1 Å². The van der Waals surface area contributed by atoms with Crippen LogP contribution in [0.5, 0.6) is 11.5 Å². The molecule has 0 aliphatic heterocycles. The van der Waals surface area contributed by atoms with Crippen molar-refractivity contribution >= 4 is 37.5 Å². The number of hydrogen-bond donors (Lipinski definition) is 1. The average Bonchev–Trinajstić information content (AvgIpc) is 2.40. The van der Waals surface area contributed by atoms with Gasteiger partial charge in [-0.25, -0.2) is 0 Å². The molecule has 7 heteroatoms. The van der Waals surface area contributed by atoms with Crippen molar-refractivity contribution in [2.45, 2.75) is 13.0 Å². The van der Waals surface area contributed by atoms with Gasteiger partial charge in [0.2, 0.25) is 0 Å². The zero-order valence-electron chi connectivity index (χ0n) is 10.9. The molecule has 0 aliphatic rings. The summed E-state index contributed by atoms with van der Waals surface area (Å²) in [6.07, 6.45) is -0.599. The van der Waals surface area contributed by atoms with Crippen molar-refractivity contribution in [1.29, 1.82) is 0 Å². The van der Waals surface area contributed by atoms with E-state index in [0.29, 0.717) is 20.4 Å². The van der Waals surface area contributed by atoms with Crippen molar-refractivity contribution in [3.63, 3.8) is 0 Å². The van der Waals surface area contributed by atoms with Crippen molar-refractivity contribution < 1.29 is 14.8 Å². The van der Waals surface area contributed by atoms with E-state index in [2.05, 4.69) is 31.9 Å². The number of hydrogen-bond acceptors (Lipinski definition) is 4. The molecular weight excluding hydrogens is 406 g/mol. The highest BCUT2D eigenvalue weighted by atomic mass is 79.9. The maximum atomic E-state index is 10.8. The third-order valence-corrected chi connectivity index (χ3v) is 4.12. The smallest absolute Gasteiger partial charge is 0.273 e. The summed E-state index contributed by atoms with van der Waals surface area (Å²) < 4.78 is 6.97. The second-order valence-electron chi connectivity index (χ2n) is 4.33. The second kappa shape index (κ2) is 6.55. The number of nitro groups is 1. The van der Waals surface area contributed by atoms with Gasteiger partial charge in [0.15, 0.2) is 0 Å². The Morgan fingerprint density at radius 3 is 2.48 bits per heavy atom. The number of nitrogens with zero attached hydrogens (tertiary/aromatic N) is 1. The highest BCUT2D eigenvalue weighted by molar-refractivity contribution is 9.10. The number of rotatable bonds is 4. The summed E-state index contributed by atoms with van der Waals surface area (Å²) >= 11 is 6.65. The van der Waals surface area contributed by atoms with Gasteiger partial charge in [-0.1, -0.05) is 22.0 Å². The van der Waals surface area contributed by atoms with Crippen LogP contribution in [0.25, 0.3) is 0 Å². The van der Waals surface area contributed by atoms with E-state index in [1.54, 1.807) is 31.2 Å². The van der Waals surface area contributed by atoms with Crippen molar-refractivity contribution in [3.05, 3.63) is 61.0 Å². The molecule has 0 fully saturated rings. The Morgan fingerprint density at radius 1 is 1.19 bits per heavy atom. The number of nitro benzene ring substituents is 1. The lowest BCUT2D eigenvalue weighted by atomic mass is 10.1. The Balaban J connectivity index is 2.32. The number of halogens is 2. The van der Waals surface area contributed by atoms with Gasteiger partial charge in [0, 0.05) is 10.5 Å². The molecule has 1 N–H and O–H groups in total. The zero-order valence-corrected chi connectivity index (χ0v) is 14.1. The molecule has 0 bridgehead atoms. The lowest BCUT2D eigenvalue weighted by molar-refractivity contribution is -0.384. The van der Waals surface area contributed by atoms with Crippen LogP contribution in [0.15, 0.2) is 45.3 Å². The monoisotopic (exact) mass is 415 g/mol. The third-order valence-electron chi connectivity index (χ3n) is 2.78. The Bertz CT molecular complexity index is 689. The summed E-state index contributed by atoms with van der Waals surface area (Å²) in [6.45, 7) is 1.66. The van der Waals surface area contributed by atoms with Crippen LogP contribution in [0.3, 0.4) is 0 Å². The van der Waals surface area contributed by atoms with Crippen molar-refractivity contribution in [3.8, 4) is 11.5 Å². The van der Waals surface area contributed by atoms with Gasteiger partial charge >= 0.3 is 0 Å². The number of ether oxygens (including phenoxy) is 1. The summed E-state index contributed by atoms with van der Waals surface area (Å²) in [5, 5.41) is 20.4. The van der Waals surface area contributed by atoms with Crippen LogP contribution in [-0.2, 0) is 0 Å². The van der Waals surface area contributed by atoms with Gasteiger partial charge in [0.25, 0.3) is 5.69 Å². The Morgan fingerprint density at radius 2 is 1.90 bits per heavy atom. The Labute approximate surface area is 138 Å². The standard InChI is InChI=1S/C14H11Br2NO4/c1-8(18)11-4-3-10(7-13(11)16)21-14-6-9(17(19)20)2-5-12(14)15/h2-8,18H,1H3/t8-/m1/s1. The molecule has 0 aromatic heterocycles. The van der Waals surface area contributed by atoms with E-state index in [1.165, 1.54) is 12.1 Å². The minimum atomic E-state index is -0.599. The van der Waals surface area contributed by atoms with E-state index in [1.807, 2.05) is 0 Å². The number of benzene rings is 2. The van der Waals surface area contributed by atoms with E-state index >= 15 is 0 Å². The fraction of sp³-hybridized carbons (Fsp3) is 0.143. The van der Waals surface area contributed by atoms with Crippen molar-refractivity contribution in [1.82, 2.24) is 0 Å². The number of aliphatic hydroxyl groups is 1. The molecule has 110 valence electrons. The second-order valence-corrected chi connectivity index (χ2v) is 6.04. The minimum Gasteiger partial charge on any atom is -0.456 e. The minimum absolute atomic E-state index is 0.0483. The molecule has 0 spiro atoms. The van der Waals surface area contributed by atoms with Crippen molar-refractivity contribution in [2.75, 3.05) is 0 Å². The molecule has 1 atom stereocenters. The third kappa shape index (κ3) is 3.81. The molecule has 21 heavy (non-hydrogen) atoms. The molecule has 0 unspecified atom stereocenters. The fourth-order valence-electron chi connectivity index (χ4n) is 1.72. The molecule has 0 aliphatic carbocycles. The highest BCUT2D eigenvalue weighted by Gasteiger charge is 2.13. The van der Waals surface area contributed by atoms with E-state index in [0.717, 1.165) is 5.56 Å². The van der Waals surface area contributed by atoms with Gasteiger partial charge < -0.3 is 9.84 Å². The molecule has 5 nitrogen and oxygen atoms in total. The molecular formula is C14H11Br2NO4. The lowest BCUT2D eigenvalue weighted by Crippen LogP contribution is -1.94. The molecule has 0 saturated heterocycles. The molecule has 2 rings (SSSR count).